The molecule has 1 aliphatic rings. The molecule has 13 heteroatoms. The lowest BCUT2D eigenvalue weighted by Crippen LogP contribution is -2.29. The summed E-state index contributed by atoms with van der Waals surface area (Å²) in [5.41, 5.74) is -0.275. The van der Waals surface area contributed by atoms with Crippen molar-refractivity contribution in [3.8, 4) is 0 Å². The van der Waals surface area contributed by atoms with E-state index in [1.54, 1.807) is 0 Å². The SMILES string of the molecule is Br.O=[P+](O)O.O=c1[nH]c2cc([N+](=O)[O-])cc(CN3CCCC3)c2[nH]c1=O. The summed E-state index contributed by atoms with van der Waals surface area (Å²) in [5, 5.41) is 11.0. The lowest BCUT2D eigenvalue weighted by Gasteiger charge is -2.15. The lowest BCUT2D eigenvalue weighted by atomic mass is 10.1. The van der Waals surface area contributed by atoms with Crippen molar-refractivity contribution in [1.29, 1.82) is 0 Å². The molecule has 26 heavy (non-hydrogen) atoms. The number of rotatable bonds is 3. The topological polar surface area (TPSA) is 170 Å². The minimum atomic E-state index is -2.87. The number of likely N-dealkylation sites (tertiary alicyclic amines) is 1. The highest BCUT2D eigenvalue weighted by Crippen LogP contribution is 2.24. The van der Waals surface area contributed by atoms with Crippen molar-refractivity contribution in [2.45, 2.75) is 19.4 Å². The van der Waals surface area contributed by atoms with Crippen LogP contribution < -0.4 is 11.1 Å². The molecule has 1 saturated heterocycles. The van der Waals surface area contributed by atoms with E-state index in [1.807, 2.05) is 0 Å². The zero-order valence-electron chi connectivity index (χ0n) is 13.4. The zero-order chi connectivity index (χ0) is 18.6. The van der Waals surface area contributed by atoms with E-state index in [0.717, 1.165) is 25.9 Å². The van der Waals surface area contributed by atoms with Crippen LogP contribution in [0.5, 0.6) is 0 Å². The number of nitro groups is 1. The number of aromatic amines is 2. The second kappa shape index (κ2) is 9.64. The van der Waals surface area contributed by atoms with Gasteiger partial charge in [-0.05, 0) is 31.5 Å². The van der Waals surface area contributed by atoms with Crippen molar-refractivity contribution < 1.29 is 19.3 Å². The molecular formula is C13H17BrN4O7P+. The maximum absolute atomic E-state index is 11.5. The molecule has 0 spiro atoms. The molecule has 0 bridgehead atoms. The first kappa shape index (κ1) is 22.1. The Kier molecular flexibility index (Phi) is 8.18. The Balaban J connectivity index is 0.000000616. The highest BCUT2D eigenvalue weighted by atomic mass is 79.9. The lowest BCUT2D eigenvalue weighted by molar-refractivity contribution is -0.384. The molecular weight excluding hydrogens is 435 g/mol. The minimum Gasteiger partial charge on any atom is -0.316 e. The Morgan fingerprint density at radius 1 is 1.15 bits per heavy atom. The molecule has 0 saturated carbocycles. The largest absolute Gasteiger partial charge is 0.692 e. The highest BCUT2D eigenvalue weighted by Gasteiger charge is 2.18. The summed E-state index contributed by atoms with van der Waals surface area (Å²) in [7, 11) is -2.87. The van der Waals surface area contributed by atoms with Gasteiger partial charge in [0.1, 0.15) is 0 Å². The number of hydrogen-bond donors (Lipinski definition) is 4. The summed E-state index contributed by atoms with van der Waals surface area (Å²) in [6, 6.07) is 2.72. The van der Waals surface area contributed by atoms with Gasteiger partial charge in [0.2, 0.25) is 0 Å². The van der Waals surface area contributed by atoms with Crippen LogP contribution in [0.15, 0.2) is 21.7 Å². The van der Waals surface area contributed by atoms with Crippen molar-refractivity contribution in [3.05, 3.63) is 48.5 Å². The zero-order valence-corrected chi connectivity index (χ0v) is 16.0. The van der Waals surface area contributed by atoms with E-state index in [1.165, 1.54) is 12.1 Å². The first-order chi connectivity index (χ1) is 11.8. The van der Waals surface area contributed by atoms with Gasteiger partial charge < -0.3 is 9.97 Å². The van der Waals surface area contributed by atoms with Crippen LogP contribution in [-0.4, -0.2) is 42.7 Å². The van der Waals surface area contributed by atoms with Crippen molar-refractivity contribution in [3.63, 3.8) is 0 Å². The number of fused-ring (bicyclic) bond motifs is 1. The van der Waals surface area contributed by atoms with Crippen LogP contribution in [0, 0.1) is 10.1 Å². The standard InChI is InChI=1S/C13H14N4O4.BrH.HO3P/c18-12-13(19)15-11-8(7-16-3-1-2-4-16)5-9(17(20)21)6-10(11)14-12;;1-4(2)3/h5-6H,1-4,7H2,(H,14,18)(H,15,19);1H;(H-,1,2,3)/p+1. The number of H-pyrrole nitrogens is 2. The third-order valence-electron chi connectivity index (χ3n) is 3.70. The van der Waals surface area contributed by atoms with E-state index in [-0.39, 0.29) is 28.2 Å². The predicted octanol–water partition coefficient (Wildman–Crippen LogP) is 0.927. The molecule has 0 radical (unpaired) electrons. The van der Waals surface area contributed by atoms with Gasteiger partial charge in [0.15, 0.2) is 0 Å². The second-order valence-corrected chi connectivity index (χ2v) is 5.93. The third kappa shape index (κ3) is 5.78. The Hall–Kier alpha value is -1.98. The van der Waals surface area contributed by atoms with Crippen LogP contribution in [0.2, 0.25) is 0 Å². The molecule has 1 aliphatic heterocycles. The molecule has 2 aromatic rings. The van der Waals surface area contributed by atoms with E-state index in [4.69, 9.17) is 14.4 Å². The van der Waals surface area contributed by atoms with E-state index in [9.17, 15) is 19.7 Å². The third-order valence-corrected chi connectivity index (χ3v) is 3.70. The van der Waals surface area contributed by atoms with Gasteiger partial charge in [0.05, 0.1) is 16.0 Å². The van der Waals surface area contributed by atoms with Gasteiger partial charge in [-0.3, -0.25) is 24.6 Å². The molecule has 0 atom stereocenters. The van der Waals surface area contributed by atoms with E-state index < -0.39 is 24.3 Å². The van der Waals surface area contributed by atoms with Gasteiger partial charge in [-0.2, -0.15) is 0 Å². The summed E-state index contributed by atoms with van der Waals surface area (Å²) in [6.45, 7) is 2.37. The van der Waals surface area contributed by atoms with E-state index >= 15 is 0 Å². The molecule has 1 aromatic heterocycles. The Bertz CT molecular complexity index is 919. The highest BCUT2D eigenvalue weighted by molar-refractivity contribution is 8.93. The fourth-order valence-electron chi connectivity index (χ4n) is 2.69. The number of hydrogen-bond acceptors (Lipinski definition) is 6. The Labute approximate surface area is 157 Å². The smallest absolute Gasteiger partial charge is 0.316 e. The summed E-state index contributed by atoms with van der Waals surface area (Å²) < 4.78 is 8.70. The molecule has 142 valence electrons. The normalized spacial score (nSPS) is 13.6. The van der Waals surface area contributed by atoms with Gasteiger partial charge in [-0.1, -0.05) is 0 Å². The van der Waals surface area contributed by atoms with E-state index in [0.29, 0.717) is 17.6 Å². The first-order valence-corrected chi connectivity index (χ1v) is 8.45. The van der Waals surface area contributed by atoms with Crippen molar-refractivity contribution in [2.24, 2.45) is 0 Å². The summed E-state index contributed by atoms with van der Waals surface area (Å²) in [4.78, 5) is 54.7. The first-order valence-electron chi connectivity index (χ1n) is 7.29. The van der Waals surface area contributed by atoms with Crippen LogP contribution in [0.4, 0.5) is 5.69 Å². The van der Waals surface area contributed by atoms with Crippen molar-refractivity contribution >= 4 is 42.0 Å². The van der Waals surface area contributed by atoms with Gasteiger partial charge >= 0.3 is 19.4 Å². The molecule has 1 fully saturated rings. The van der Waals surface area contributed by atoms with Gasteiger partial charge in [0, 0.05) is 23.2 Å². The number of non-ortho nitro benzene ring substituents is 1. The molecule has 1 aromatic carbocycles. The van der Waals surface area contributed by atoms with Crippen LogP contribution in [0.1, 0.15) is 18.4 Å². The number of benzene rings is 1. The van der Waals surface area contributed by atoms with Crippen LogP contribution in [0.3, 0.4) is 0 Å². The van der Waals surface area contributed by atoms with Gasteiger partial charge in [-0.25, -0.2) is 0 Å². The predicted molar refractivity (Wildman–Crippen MR) is 98.7 cm³/mol. The molecule has 11 nitrogen and oxygen atoms in total. The summed E-state index contributed by atoms with van der Waals surface area (Å²) >= 11 is 0. The number of halogens is 1. The maximum atomic E-state index is 11.5. The fraction of sp³-hybridized carbons (Fsp3) is 0.385. The van der Waals surface area contributed by atoms with Gasteiger partial charge in [-0.15, -0.1) is 26.8 Å². The molecule has 3 rings (SSSR count). The number of nitrogens with zero attached hydrogens (tertiary/aromatic N) is 2. The van der Waals surface area contributed by atoms with Crippen LogP contribution in [0.25, 0.3) is 11.0 Å². The number of nitrogens with one attached hydrogen (secondary N) is 2. The summed E-state index contributed by atoms with van der Waals surface area (Å²) in [6.07, 6.45) is 2.19. The molecule has 0 aliphatic carbocycles. The summed E-state index contributed by atoms with van der Waals surface area (Å²) in [5.74, 6) is 0. The molecule has 4 N–H and O–H groups in total. The fourth-order valence-corrected chi connectivity index (χ4v) is 2.69. The second-order valence-electron chi connectivity index (χ2n) is 5.43. The van der Waals surface area contributed by atoms with E-state index in [2.05, 4.69) is 14.9 Å². The van der Waals surface area contributed by atoms with Gasteiger partial charge in [0.25, 0.3) is 5.69 Å². The Morgan fingerprint density at radius 2 is 1.69 bits per heavy atom. The molecule has 0 unspecified atom stereocenters. The maximum Gasteiger partial charge on any atom is 0.692 e. The van der Waals surface area contributed by atoms with Crippen molar-refractivity contribution in [2.75, 3.05) is 13.1 Å². The monoisotopic (exact) mass is 451 g/mol. The average Bonchev–Trinajstić information content (AvgIpc) is 3.01. The molecule has 0 amide bonds. The Morgan fingerprint density at radius 3 is 2.23 bits per heavy atom. The van der Waals surface area contributed by atoms with Crippen LogP contribution in [-0.2, 0) is 11.1 Å². The van der Waals surface area contributed by atoms with Crippen LogP contribution >= 0.6 is 25.2 Å². The van der Waals surface area contributed by atoms with Crippen molar-refractivity contribution in [1.82, 2.24) is 14.9 Å². The average molecular weight is 452 g/mol. The quantitative estimate of drug-likeness (QED) is 0.231. The number of nitro benzene ring substituents is 1. The number of aromatic nitrogens is 2. The molecule has 2 heterocycles. The minimum absolute atomic E-state index is 0.